The summed E-state index contributed by atoms with van der Waals surface area (Å²) in [5.74, 6) is 0. The van der Waals surface area contributed by atoms with Crippen LogP contribution in [-0.2, 0) is 3.12 Å². The van der Waals surface area contributed by atoms with Gasteiger partial charge in [0.2, 0.25) is 0 Å². The first-order chi connectivity index (χ1) is 2.27. The topological polar surface area (TPSA) is 52.4 Å². The van der Waals surface area contributed by atoms with Crippen molar-refractivity contribution in [3.63, 3.8) is 0 Å². The smallest absolute Gasteiger partial charge is 0.316 e. The van der Waals surface area contributed by atoms with Gasteiger partial charge in [-0.3, -0.25) is 0 Å². The molecular formula is H4MgNO3Sb. The van der Waals surface area contributed by atoms with Crippen molar-refractivity contribution in [1.29, 1.82) is 0 Å². The third kappa shape index (κ3) is 8.84. The summed E-state index contributed by atoms with van der Waals surface area (Å²) in [6.07, 6.45) is 0. The van der Waals surface area contributed by atoms with Gasteiger partial charge < -0.3 is 0 Å². The molecule has 0 N–H and O–H groups in total. The van der Waals surface area contributed by atoms with Crippen LogP contribution in [0, 0.1) is 10.1 Å². The van der Waals surface area contributed by atoms with Gasteiger partial charge in [0.1, 0.15) is 0 Å². The Labute approximate surface area is 64.5 Å². The summed E-state index contributed by atoms with van der Waals surface area (Å²) in [7, 11) is 0. The van der Waals surface area contributed by atoms with Crippen LogP contribution >= 0.6 is 0 Å². The molecule has 0 aliphatic rings. The van der Waals surface area contributed by atoms with Crippen molar-refractivity contribution in [3.05, 3.63) is 10.1 Å². The number of hydrogen-bond acceptors (Lipinski definition) is 3. The normalized spacial score (nSPS) is 5.50. The molecule has 0 heterocycles. The Morgan fingerprint density at radius 2 is 2.00 bits per heavy atom. The minimum atomic E-state index is -0.817. The molecule has 0 aromatic heterocycles. The summed E-state index contributed by atoms with van der Waals surface area (Å²) in [6, 6.07) is 0. The van der Waals surface area contributed by atoms with Crippen molar-refractivity contribution in [2.45, 2.75) is 0 Å². The van der Waals surface area contributed by atoms with Crippen molar-refractivity contribution >= 4 is 46.5 Å². The second kappa shape index (κ2) is 5.78. The van der Waals surface area contributed by atoms with Crippen molar-refractivity contribution in [1.82, 2.24) is 0 Å². The zero-order valence-electron chi connectivity index (χ0n) is 2.25. The summed E-state index contributed by atoms with van der Waals surface area (Å²) in [5.41, 5.74) is 0. The van der Waals surface area contributed by atoms with Crippen LogP contribution in [0.5, 0.6) is 0 Å². The molecule has 0 saturated heterocycles. The van der Waals surface area contributed by atoms with Gasteiger partial charge in [-0.15, -0.1) is 0 Å². The third-order valence-corrected chi connectivity index (χ3v) is 0.577. The van der Waals surface area contributed by atoms with Crippen molar-refractivity contribution < 1.29 is 8.20 Å². The van der Waals surface area contributed by atoms with E-state index in [1.165, 1.54) is 0 Å². The third-order valence-electron chi connectivity index (χ3n) is 0.0861. The van der Waals surface area contributed by atoms with E-state index in [1.807, 2.05) is 0 Å². The summed E-state index contributed by atoms with van der Waals surface area (Å²) >= 11 is 0.227. The SMILES string of the molecule is O=[N+]([O-])[O][SbH2].[MgH2]. The molecule has 6 heteroatoms. The van der Waals surface area contributed by atoms with E-state index in [-0.39, 0.29) is 46.5 Å². The molecule has 0 aromatic carbocycles. The first-order valence-electron chi connectivity index (χ1n) is 0.783. The van der Waals surface area contributed by atoms with Gasteiger partial charge in [-0.2, -0.15) is 0 Å². The van der Waals surface area contributed by atoms with Crippen LogP contribution in [0.1, 0.15) is 0 Å². The second-order valence-electron chi connectivity index (χ2n) is 0.329. The van der Waals surface area contributed by atoms with Crippen LogP contribution in [0.3, 0.4) is 0 Å². The van der Waals surface area contributed by atoms with Crippen molar-refractivity contribution in [3.8, 4) is 0 Å². The second-order valence-corrected chi connectivity index (χ2v) is 0.931. The zero-order valence-corrected chi connectivity index (χ0v) is 5.54. The van der Waals surface area contributed by atoms with Crippen LogP contribution in [0.15, 0.2) is 0 Å². The Bertz CT molecular complexity index is 46.1. The molecule has 34 valence electrons. The Hall–Kier alpha value is 0.784. The monoisotopic (exact) mass is 211 g/mol. The molecule has 0 aliphatic heterocycles. The Morgan fingerprint density at radius 1 is 1.83 bits per heavy atom. The van der Waals surface area contributed by atoms with Crippen LogP contribution in [0.4, 0.5) is 0 Å². The van der Waals surface area contributed by atoms with E-state index in [0.29, 0.717) is 0 Å². The predicted molar refractivity (Wildman–Crippen MR) is 25.2 cm³/mol. The Balaban J connectivity index is 0. The van der Waals surface area contributed by atoms with Crippen LogP contribution in [0.25, 0.3) is 0 Å². The van der Waals surface area contributed by atoms with E-state index in [9.17, 15) is 0 Å². The van der Waals surface area contributed by atoms with Crippen LogP contribution in [0.2, 0.25) is 0 Å². The standard InChI is InChI=1S/Mg.NO3.Sb.4H/c;2-1(3)4;;;;;/q;-1;+1;;;;. The molecule has 4 nitrogen and oxygen atoms in total. The van der Waals surface area contributed by atoms with E-state index in [2.05, 4.69) is 3.12 Å². The molecule has 0 radical (unpaired) electrons. The summed E-state index contributed by atoms with van der Waals surface area (Å²) in [6.45, 7) is 0. The fourth-order valence-electron chi connectivity index (χ4n) is 0. The molecule has 0 aromatic rings. The summed E-state index contributed by atoms with van der Waals surface area (Å²) < 4.78 is 3.60. The van der Waals surface area contributed by atoms with Gasteiger partial charge in [0.05, 0.1) is 0 Å². The fourth-order valence-corrected chi connectivity index (χ4v) is 0. The summed E-state index contributed by atoms with van der Waals surface area (Å²) in [5, 5.41) is 8.17. The molecule has 0 aliphatic carbocycles. The Kier molecular flexibility index (Phi) is 9.56. The molecule has 0 bridgehead atoms. The average molecular weight is 212 g/mol. The van der Waals surface area contributed by atoms with Crippen LogP contribution in [-0.4, -0.2) is 51.6 Å². The maximum atomic E-state index is 8.98. The number of hydrogen-bond donors (Lipinski definition) is 0. The first-order valence-corrected chi connectivity index (χ1v) is 2.13. The van der Waals surface area contributed by atoms with Gasteiger partial charge in [0.15, 0.2) is 0 Å². The average Bonchev–Trinajstić information content (AvgIpc) is 1.38. The Morgan fingerprint density at radius 3 is 2.00 bits per heavy atom. The quantitative estimate of drug-likeness (QED) is 0.282. The maximum absolute atomic E-state index is 8.98. The molecular weight excluding hydrogens is 208 g/mol. The van der Waals surface area contributed by atoms with E-state index < -0.39 is 5.09 Å². The minimum Gasteiger partial charge on any atom is 0.316 e. The van der Waals surface area contributed by atoms with Gasteiger partial charge in [0.25, 0.3) is 0 Å². The number of rotatable bonds is 1. The van der Waals surface area contributed by atoms with E-state index in [4.69, 9.17) is 10.1 Å². The molecule has 6 heavy (non-hydrogen) atoms. The van der Waals surface area contributed by atoms with E-state index in [0.717, 1.165) is 0 Å². The number of nitrogens with zero attached hydrogens (tertiary/aromatic N) is 1. The van der Waals surface area contributed by atoms with Gasteiger partial charge >= 0.3 is 64.8 Å². The largest absolute Gasteiger partial charge is 0.316 e. The van der Waals surface area contributed by atoms with E-state index >= 15 is 0 Å². The van der Waals surface area contributed by atoms with E-state index in [1.54, 1.807) is 0 Å². The molecule has 0 atom stereocenters. The molecule has 0 spiro atoms. The molecule has 0 fully saturated rings. The predicted octanol–water partition coefficient (Wildman–Crippen LogP) is -2.17. The van der Waals surface area contributed by atoms with Gasteiger partial charge in [0, 0.05) is 0 Å². The maximum Gasteiger partial charge on any atom is 0.316 e. The molecule has 0 unspecified atom stereocenters. The van der Waals surface area contributed by atoms with Crippen molar-refractivity contribution in [2.24, 2.45) is 0 Å². The van der Waals surface area contributed by atoms with Crippen molar-refractivity contribution in [2.75, 3.05) is 0 Å². The molecule has 0 saturated carbocycles. The fraction of sp³-hybridized carbons (Fsp3) is 0. The van der Waals surface area contributed by atoms with Crippen LogP contribution < -0.4 is 0 Å². The van der Waals surface area contributed by atoms with Gasteiger partial charge in [-0.25, -0.2) is 0 Å². The molecule has 0 amide bonds. The minimum absolute atomic E-state index is 0. The van der Waals surface area contributed by atoms with Gasteiger partial charge in [-0.05, 0) is 0 Å². The molecule has 0 rings (SSSR count). The summed E-state index contributed by atoms with van der Waals surface area (Å²) in [4.78, 5) is 8.98. The first kappa shape index (κ1) is 9.92. The zero-order chi connectivity index (χ0) is 4.28. The van der Waals surface area contributed by atoms with Gasteiger partial charge in [-0.1, -0.05) is 0 Å².